The first-order valence-electron chi connectivity index (χ1n) is 7.39. The third-order valence-corrected chi connectivity index (χ3v) is 4.37. The Hall–Kier alpha value is -3.08. The van der Waals surface area contributed by atoms with Gasteiger partial charge in [0.15, 0.2) is 11.4 Å². The van der Waals surface area contributed by atoms with E-state index in [1.165, 1.54) is 34.9 Å². The summed E-state index contributed by atoms with van der Waals surface area (Å²) in [6.45, 7) is 0. The summed E-state index contributed by atoms with van der Waals surface area (Å²) in [6.07, 6.45) is -2.59. The van der Waals surface area contributed by atoms with Gasteiger partial charge >= 0.3 is 6.36 Å². The number of carbonyl (C=O) groups is 1. The molecule has 3 aromatic rings. The summed E-state index contributed by atoms with van der Waals surface area (Å²) < 4.78 is 66.4. The predicted molar refractivity (Wildman–Crippen MR) is 89.4 cm³/mol. The highest BCUT2D eigenvalue weighted by atomic mass is 32.2. The van der Waals surface area contributed by atoms with Crippen molar-refractivity contribution in [2.45, 2.75) is 11.5 Å². The maximum Gasteiger partial charge on any atom is 0.573 e. The Morgan fingerprint density at radius 1 is 1.15 bits per heavy atom. The second kappa shape index (κ2) is 6.58. The van der Waals surface area contributed by atoms with E-state index in [9.17, 15) is 26.4 Å². The average Bonchev–Trinajstić information content (AvgIpc) is 2.95. The summed E-state index contributed by atoms with van der Waals surface area (Å²) in [5.74, 6) is -1.49. The smallest absolute Gasteiger partial charge is 0.404 e. The number of aromatic nitrogens is 2. The number of fused-ring (bicyclic) bond motifs is 1. The van der Waals surface area contributed by atoms with Crippen LogP contribution in [0.5, 0.6) is 5.75 Å². The molecule has 0 bridgehead atoms. The zero-order valence-electron chi connectivity index (χ0n) is 13.7. The highest BCUT2D eigenvalue weighted by Gasteiger charge is 2.32. The van der Waals surface area contributed by atoms with Crippen molar-refractivity contribution in [2.24, 2.45) is 0 Å². The third kappa shape index (κ3) is 4.03. The van der Waals surface area contributed by atoms with Crippen molar-refractivity contribution in [3.05, 3.63) is 54.4 Å². The fraction of sp³-hybridized carbons (Fsp3) is 0.125. The molecule has 0 radical (unpaired) electrons. The van der Waals surface area contributed by atoms with E-state index < -0.39 is 27.9 Å². The Bertz CT molecular complexity index is 1120. The van der Waals surface area contributed by atoms with E-state index in [-0.39, 0.29) is 22.1 Å². The number of rotatable bonds is 4. The molecule has 142 valence electrons. The van der Waals surface area contributed by atoms with Crippen molar-refractivity contribution >= 4 is 26.9 Å². The number of carbonyl (C=O) groups excluding carboxylic acids is 1. The molecule has 0 unspecified atom stereocenters. The highest BCUT2D eigenvalue weighted by molar-refractivity contribution is 7.90. The number of halogens is 3. The standard InChI is InChI=1S/C16H12F3N3O4S/c1-27(24,25)15-21-13(11-7-4-5-9-22(11)15)14(23)20-10-6-2-3-8-12(10)26-16(17,18)19/h2-9H,1H3,(H,20,23). The van der Waals surface area contributed by atoms with Crippen molar-refractivity contribution in [1.82, 2.24) is 9.38 Å². The molecular formula is C16H12F3N3O4S. The normalized spacial score (nSPS) is 12.1. The van der Waals surface area contributed by atoms with Gasteiger partial charge < -0.3 is 10.1 Å². The minimum absolute atomic E-state index is 0.185. The Morgan fingerprint density at radius 3 is 2.48 bits per heavy atom. The van der Waals surface area contributed by atoms with E-state index in [4.69, 9.17) is 0 Å². The topological polar surface area (TPSA) is 89.8 Å². The van der Waals surface area contributed by atoms with Crippen LogP contribution in [-0.2, 0) is 9.84 Å². The molecule has 0 fully saturated rings. The summed E-state index contributed by atoms with van der Waals surface area (Å²) in [4.78, 5) is 16.4. The summed E-state index contributed by atoms with van der Waals surface area (Å²) >= 11 is 0. The van der Waals surface area contributed by atoms with Gasteiger partial charge in [0.05, 0.1) is 11.2 Å². The van der Waals surface area contributed by atoms with Crippen molar-refractivity contribution < 1.29 is 31.1 Å². The molecule has 0 atom stereocenters. The van der Waals surface area contributed by atoms with Gasteiger partial charge in [0.1, 0.15) is 0 Å². The largest absolute Gasteiger partial charge is 0.573 e. The van der Waals surface area contributed by atoms with Gasteiger partial charge in [0.25, 0.3) is 5.91 Å². The number of pyridine rings is 1. The molecule has 2 heterocycles. The number of alkyl halides is 3. The minimum atomic E-state index is -4.94. The third-order valence-electron chi connectivity index (χ3n) is 3.42. The molecule has 1 N–H and O–H groups in total. The molecule has 2 aromatic heterocycles. The van der Waals surface area contributed by atoms with Gasteiger partial charge in [0.2, 0.25) is 15.0 Å². The summed E-state index contributed by atoms with van der Waals surface area (Å²) in [5, 5.41) is 1.91. The maximum absolute atomic E-state index is 12.6. The zero-order valence-corrected chi connectivity index (χ0v) is 14.5. The van der Waals surface area contributed by atoms with Crippen LogP contribution in [0, 0.1) is 0 Å². The zero-order chi connectivity index (χ0) is 19.8. The molecule has 0 aliphatic carbocycles. The van der Waals surface area contributed by atoms with Gasteiger partial charge in [-0.25, -0.2) is 13.4 Å². The lowest BCUT2D eigenvalue weighted by molar-refractivity contribution is -0.274. The predicted octanol–water partition coefficient (Wildman–Crippen LogP) is 2.89. The molecule has 11 heteroatoms. The van der Waals surface area contributed by atoms with Gasteiger partial charge in [-0.05, 0) is 24.3 Å². The number of ether oxygens (including phenoxy) is 1. The second-order valence-electron chi connectivity index (χ2n) is 5.47. The van der Waals surface area contributed by atoms with Gasteiger partial charge in [-0.3, -0.25) is 9.20 Å². The number of para-hydroxylation sites is 2. The molecule has 7 nitrogen and oxygen atoms in total. The second-order valence-corrected chi connectivity index (χ2v) is 7.38. The molecule has 1 amide bonds. The lowest BCUT2D eigenvalue weighted by Crippen LogP contribution is -2.19. The molecule has 1 aromatic carbocycles. The van der Waals surface area contributed by atoms with E-state index in [0.717, 1.165) is 12.3 Å². The first kappa shape index (κ1) is 18.7. The fourth-order valence-electron chi connectivity index (χ4n) is 2.40. The van der Waals surface area contributed by atoms with Crippen molar-refractivity contribution in [2.75, 3.05) is 11.6 Å². The van der Waals surface area contributed by atoms with E-state index in [2.05, 4.69) is 15.0 Å². The van der Waals surface area contributed by atoms with Gasteiger partial charge in [-0.2, -0.15) is 0 Å². The molecule has 27 heavy (non-hydrogen) atoms. The van der Waals surface area contributed by atoms with Crippen molar-refractivity contribution in [1.29, 1.82) is 0 Å². The molecular weight excluding hydrogens is 387 g/mol. The number of nitrogens with zero attached hydrogens (tertiary/aromatic N) is 2. The van der Waals surface area contributed by atoms with Crippen LogP contribution in [0.2, 0.25) is 0 Å². The van der Waals surface area contributed by atoms with Crippen LogP contribution < -0.4 is 10.1 Å². The van der Waals surface area contributed by atoms with Crippen LogP contribution >= 0.6 is 0 Å². The molecule has 0 spiro atoms. The van der Waals surface area contributed by atoms with Crippen LogP contribution in [0.1, 0.15) is 10.5 Å². The molecule has 0 aliphatic heterocycles. The monoisotopic (exact) mass is 399 g/mol. The lowest BCUT2D eigenvalue weighted by atomic mass is 10.2. The van der Waals surface area contributed by atoms with Gasteiger partial charge in [-0.1, -0.05) is 18.2 Å². The Morgan fingerprint density at radius 2 is 1.81 bits per heavy atom. The first-order valence-corrected chi connectivity index (χ1v) is 9.29. The van der Waals surface area contributed by atoms with Crippen LogP contribution in [-0.4, -0.2) is 36.3 Å². The number of benzene rings is 1. The SMILES string of the molecule is CS(=O)(=O)c1nc(C(=O)Nc2ccccc2OC(F)(F)F)c2ccccn12. The van der Waals surface area contributed by atoms with E-state index in [1.54, 1.807) is 12.1 Å². The number of hydrogen-bond donors (Lipinski definition) is 1. The summed E-state index contributed by atoms with van der Waals surface area (Å²) in [5.41, 5.74) is -0.305. The minimum Gasteiger partial charge on any atom is -0.404 e. The van der Waals surface area contributed by atoms with E-state index in [1.807, 2.05) is 0 Å². The highest BCUT2D eigenvalue weighted by Crippen LogP contribution is 2.30. The van der Waals surface area contributed by atoms with Crippen molar-refractivity contribution in [3.63, 3.8) is 0 Å². The summed E-state index contributed by atoms with van der Waals surface area (Å²) in [7, 11) is -3.75. The lowest BCUT2D eigenvalue weighted by Gasteiger charge is -2.13. The average molecular weight is 399 g/mol. The fourth-order valence-corrected chi connectivity index (χ4v) is 3.18. The Kier molecular flexibility index (Phi) is 4.56. The number of imidazole rings is 1. The number of hydrogen-bond acceptors (Lipinski definition) is 5. The Balaban J connectivity index is 2.02. The molecule has 0 saturated carbocycles. The maximum atomic E-state index is 12.6. The van der Waals surface area contributed by atoms with Gasteiger partial charge in [-0.15, -0.1) is 13.2 Å². The van der Waals surface area contributed by atoms with E-state index >= 15 is 0 Å². The summed E-state index contributed by atoms with van der Waals surface area (Å²) in [6, 6.07) is 9.56. The van der Waals surface area contributed by atoms with Crippen LogP contribution in [0.15, 0.2) is 53.8 Å². The van der Waals surface area contributed by atoms with E-state index in [0.29, 0.717) is 0 Å². The molecule has 3 rings (SSSR count). The number of nitrogens with one attached hydrogen (secondary N) is 1. The Labute approximate surface area is 151 Å². The molecule has 0 saturated heterocycles. The number of amides is 1. The number of sulfone groups is 1. The molecule has 0 aliphatic rings. The van der Waals surface area contributed by atoms with Gasteiger partial charge in [0, 0.05) is 12.5 Å². The van der Waals surface area contributed by atoms with Crippen LogP contribution in [0.25, 0.3) is 5.52 Å². The quantitative estimate of drug-likeness (QED) is 0.729. The van der Waals surface area contributed by atoms with Crippen LogP contribution in [0.3, 0.4) is 0 Å². The number of anilines is 1. The van der Waals surface area contributed by atoms with Crippen LogP contribution in [0.4, 0.5) is 18.9 Å². The first-order chi connectivity index (χ1) is 12.6. The van der Waals surface area contributed by atoms with Crippen molar-refractivity contribution in [3.8, 4) is 5.75 Å².